The summed E-state index contributed by atoms with van der Waals surface area (Å²) in [4.78, 5) is 11.9. The molecule has 0 amide bonds. The number of hydrogen-bond acceptors (Lipinski definition) is 5. The van der Waals surface area contributed by atoms with Crippen LogP contribution in [0, 0.1) is 6.92 Å². The third kappa shape index (κ3) is 5.39. The van der Waals surface area contributed by atoms with E-state index in [2.05, 4.69) is 10.0 Å². The van der Waals surface area contributed by atoms with Crippen molar-refractivity contribution in [3.8, 4) is 0 Å². The zero-order valence-corrected chi connectivity index (χ0v) is 17.7. The van der Waals surface area contributed by atoms with E-state index >= 15 is 0 Å². The number of carbonyl (C=O) groups excluding carboxylic acids is 1. The van der Waals surface area contributed by atoms with Crippen molar-refractivity contribution < 1.29 is 17.9 Å². The summed E-state index contributed by atoms with van der Waals surface area (Å²) >= 11 is 0. The highest BCUT2D eigenvalue weighted by Gasteiger charge is 2.21. The maximum absolute atomic E-state index is 13.1. The van der Waals surface area contributed by atoms with Crippen molar-refractivity contribution in [1.82, 2.24) is 0 Å². The summed E-state index contributed by atoms with van der Waals surface area (Å²) in [5, 5.41) is 3.18. The number of rotatable bonds is 8. The molecule has 0 aliphatic carbocycles. The Hall–Kier alpha value is -3.32. The Bertz CT molecular complexity index is 1110. The van der Waals surface area contributed by atoms with Crippen molar-refractivity contribution in [3.05, 3.63) is 89.5 Å². The number of methoxy groups -OCH3 is 1. The molecular formula is C23H24N2O4S. The number of ether oxygens (including phenoxy) is 1. The first-order valence-electron chi connectivity index (χ1n) is 9.49. The number of sulfonamides is 1. The van der Waals surface area contributed by atoms with Crippen molar-refractivity contribution >= 4 is 27.4 Å². The summed E-state index contributed by atoms with van der Waals surface area (Å²) in [5.74, 6) is -0.599. The highest BCUT2D eigenvalue weighted by atomic mass is 32.2. The number of anilines is 2. The van der Waals surface area contributed by atoms with Gasteiger partial charge in [-0.1, -0.05) is 48.0 Å². The minimum Gasteiger partial charge on any atom is -0.465 e. The zero-order chi connectivity index (χ0) is 21.6. The molecule has 3 aromatic rings. The van der Waals surface area contributed by atoms with Crippen LogP contribution in [0.3, 0.4) is 0 Å². The van der Waals surface area contributed by atoms with Gasteiger partial charge in [-0.25, -0.2) is 13.2 Å². The lowest BCUT2D eigenvalue weighted by atomic mass is 10.1. The first-order chi connectivity index (χ1) is 14.4. The summed E-state index contributed by atoms with van der Waals surface area (Å²) in [7, 11) is -2.68. The van der Waals surface area contributed by atoms with E-state index in [1.807, 2.05) is 49.4 Å². The maximum atomic E-state index is 13.1. The Balaban J connectivity index is 1.88. The molecule has 3 rings (SSSR count). The number of esters is 1. The number of carbonyl (C=O) groups is 1. The zero-order valence-electron chi connectivity index (χ0n) is 16.9. The molecule has 0 spiro atoms. The SMILES string of the molecule is COC(=O)c1ccc(NCCc2ccccc2)c(S(=O)(=O)Nc2ccc(C)cc2)c1. The fourth-order valence-electron chi connectivity index (χ4n) is 2.95. The highest BCUT2D eigenvalue weighted by molar-refractivity contribution is 7.92. The van der Waals surface area contributed by atoms with E-state index in [0.29, 0.717) is 17.9 Å². The van der Waals surface area contributed by atoms with Crippen LogP contribution in [-0.2, 0) is 21.2 Å². The molecule has 0 aliphatic heterocycles. The van der Waals surface area contributed by atoms with Crippen LogP contribution in [-0.4, -0.2) is 28.0 Å². The largest absolute Gasteiger partial charge is 0.465 e. The van der Waals surface area contributed by atoms with E-state index in [-0.39, 0.29) is 10.5 Å². The van der Waals surface area contributed by atoms with Crippen molar-refractivity contribution in [2.75, 3.05) is 23.7 Å². The Kier molecular flexibility index (Phi) is 6.74. The fourth-order valence-corrected chi connectivity index (χ4v) is 4.22. The Morgan fingerprint density at radius 1 is 0.967 bits per heavy atom. The quantitative estimate of drug-likeness (QED) is 0.529. The van der Waals surface area contributed by atoms with Crippen LogP contribution in [0.5, 0.6) is 0 Å². The van der Waals surface area contributed by atoms with Gasteiger partial charge in [0.2, 0.25) is 0 Å². The summed E-state index contributed by atoms with van der Waals surface area (Å²) in [6, 6.07) is 21.4. The molecule has 0 atom stereocenters. The van der Waals surface area contributed by atoms with Crippen LogP contribution in [0.2, 0.25) is 0 Å². The second-order valence-corrected chi connectivity index (χ2v) is 8.49. The molecule has 0 aliphatic rings. The molecule has 30 heavy (non-hydrogen) atoms. The number of benzene rings is 3. The van der Waals surface area contributed by atoms with Crippen LogP contribution in [0.15, 0.2) is 77.7 Å². The summed E-state index contributed by atoms with van der Waals surface area (Å²) in [6.07, 6.45) is 0.727. The van der Waals surface area contributed by atoms with Gasteiger partial charge in [0, 0.05) is 12.2 Å². The normalized spacial score (nSPS) is 11.0. The number of aryl methyl sites for hydroxylation is 1. The van der Waals surface area contributed by atoms with E-state index < -0.39 is 16.0 Å². The molecule has 3 aromatic carbocycles. The molecule has 6 nitrogen and oxygen atoms in total. The topological polar surface area (TPSA) is 84.5 Å². The first kappa shape index (κ1) is 21.4. The molecule has 2 N–H and O–H groups in total. The molecule has 0 unspecified atom stereocenters. The summed E-state index contributed by atoms with van der Waals surface area (Å²) < 4.78 is 33.5. The van der Waals surface area contributed by atoms with Crippen molar-refractivity contribution in [2.24, 2.45) is 0 Å². The molecule has 0 heterocycles. The fraction of sp³-hybridized carbons (Fsp3) is 0.174. The van der Waals surface area contributed by atoms with Crippen molar-refractivity contribution in [1.29, 1.82) is 0 Å². The molecule has 0 saturated heterocycles. The molecule has 0 radical (unpaired) electrons. The summed E-state index contributed by atoms with van der Waals surface area (Å²) in [6.45, 7) is 2.46. The van der Waals surface area contributed by atoms with Gasteiger partial charge in [0.25, 0.3) is 10.0 Å². The molecule has 0 saturated carbocycles. The van der Waals surface area contributed by atoms with Gasteiger partial charge in [0.15, 0.2) is 0 Å². The molecule has 0 aromatic heterocycles. The van der Waals surface area contributed by atoms with Gasteiger partial charge >= 0.3 is 5.97 Å². The van der Waals surface area contributed by atoms with E-state index in [9.17, 15) is 13.2 Å². The second kappa shape index (κ2) is 9.45. The minimum absolute atomic E-state index is 0.0148. The van der Waals surface area contributed by atoms with Crippen LogP contribution in [0.4, 0.5) is 11.4 Å². The van der Waals surface area contributed by atoms with Gasteiger partial charge in [-0.15, -0.1) is 0 Å². The molecule has 0 fully saturated rings. The van der Waals surface area contributed by atoms with Gasteiger partial charge in [-0.05, 0) is 49.2 Å². The Morgan fingerprint density at radius 2 is 1.67 bits per heavy atom. The molecular weight excluding hydrogens is 400 g/mol. The summed E-state index contributed by atoms with van der Waals surface area (Å²) in [5.41, 5.74) is 3.18. The van der Waals surface area contributed by atoms with Crippen molar-refractivity contribution in [2.45, 2.75) is 18.2 Å². The van der Waals surface area contributed by atoms with Crippen LogP contribution < -0.4 is 10.0 Å². The van der Waals surface area contributed by atoms with E-state index in [4.69, 9.17) is 4.74 Å². The number of hydrogen-bond donors (Lipinski definition) is 2. The average Bonchev–Trinajstić information content (AvgIpc) is 2.75. The van der Waals surface area contributed by atoms with Gasteiger partial charge in [-0.2, -0.15) is 0 Å². The maximum Gasteiger partial charge on any atom is 0.337 e. The predicted molar refractivity (Wildman–Crippen MR) is 118 cm³/mol. The monoisotopic (exact) mass is 424 g/mol. The molecule has 7 heteroatoms. The molecule has 156 valence electrons. The average molecular weight is 425 g/mol. The lowest BCUT2D eigenvalue weighted by Crippen LogP contribution is -2.17. The second-order valence-electron chi connectivity index (χ2n) is 6.84. The van der Waals surface area contributed by atoms with E-state index in [0.717, 1.165) is 17.5 Å². The first-order valence-corrected chi connectivity index (χ1v) is 11.0. The van der Waals surface area contributed by atoms with Gasteiger partial charge < -0.3 is 10.1 Å². The van der Waals surface area contributed by atoms with Crippen LogP contribution in [0.25, 0.3) is 0 Å². The smallest absolute Gasteiger partial charge is 0.337 e. The lowest BCUT2D eigenvalue weighted by molar-refractivity contribution is 0.0600. The van der Waals surface area contributed by atoms with Gasteiger partial charge in [0.05, 0.1) is 18.4 Å². The van der Waals surface area contributed by atoms with E-state index in [1.54, 1.807) is 24.3 Å². The van der Waals surface area contributed by atoms with E-state index in [1.165, 1.54) is 13.2 Å². The van der Waals surface area contributed by atoms with Crippen molar-refractivity contribution in [3.63, 3.8) is 0 Å². The third-order valence-electron chi connectivity index (χ3n) is 4.57. The molecule has 0 bridgehead atoms. The standard InChI is InChI=1S/C23H24N2O4S/c1-17-8-11-20(12-9-17)25-30(27,28)22-16-19(23(26)29-2)10-13-21(22)24-15-14-18-6-4-3-5-7-18/h3-13,16,24-25H,14-15H2,1-2H3. The number of nitrogens with one attached hydrogen (secondary N) is 2. The van der Waals surface area contributed by atoms with Gasteiger partial charge in [0.1, 0.15) is 4.90 Å². The van der Waals surface area contributed by atoms with Crippen LogP contribution in [0.1, 0.15) is 21.5 Å². The van der Waals surface area contributed by atoms with Gasteiger partial charge in [-0.3, -0.25) is 4.72 Å². The predicted octanol–water partition coefficient (Wildman–Crippen LogP) is 4.24. The van der Waals surface area contributed by atoms with Crippen LogP contribution >= 0.6 is 0 Å². The third-order valence-corrected chi connectivity index (χ3v) is 5.99. The Labute approximate surface area is 177 Å². The Morgan fingerprint density at radius 3 is 2.33 bits per heavy atom. The lowest BCUT2D eigenvalue weighted by Gasteiger charge is -2.15. The highest BCUT2D eigenvalue weighted by Crippen LogP contribution is 2.26. The minimum atomic E-state index is -3.94.